The molecule has 3 fully saturated rings. The van der Waals surface area contributed by atoms with Crippen LogP contribution in [0.5, 0.6) is 17.6 Å². The van der Waals surface area contributed by atoms with Gasteiger partial charge in [0.05, 0.1) is 13.2 Å². The van der Waals surface area contributed by atoms with Gasteiger partial charge in [0.2, 0.25) is 17.6 Å². The van der Waals surface area contributed by atoms with Gasteiger partial charge in [-0.2, -0.15) is 9.37 Å². The molecule has 1 aliphatic carbocycles. The third-order valence-corrected chi connectivity index (χ3v) is 6.33. The predicted molar refractivity (Wildman–Crippen MR) is 119 cm³/mol. The molecule has 0 spiro atoms. The first-order valence-corrected chi connectivity index (χ1v) is 11.0. The Labute approximate surface area is 190 Å². The maximum absolute atomic E-state index is 14.1. The van der Waals surface area contributed by atoms with E-state index < -0.39 is 11.6 Å². The van der Waals surface area contributed by atoms with E-state index in [0.717, 1.165) is 31.3 Å². The molecule has 1 aromatic carbocycles. The molecular formula is C23H26F2N6O2. The van der Waals surface area contributed by atoms with Crippen molar-refractivity contribution in [2.24, 2.45) is 11.8 Å². The average molecular weight is 456 g/mol. The Morgan fingerprint density at radius 2 is 1.94 bits per heavy atom. The van der Waals surface area contributed by atoms with Crippen LogP contribution in [-0.2, 0) is 0 Å². The number of hydrogen-bond acceptors (Lipinski definition) is 7. The maximum Gasteiger partial charge on any atom is 0.322 e. The zero-order valence-electron chi connectivity index (χ0n) is 18.7. The number of methoxy groups -OCH3 is 1. The number of ether oxygens (including phenoxy) is 2. The molecule has 3 aliphatic rings. The van der Waals surface area contributed by atoms with Gasteiger partial charge < -0.3 is 19.7 Å². The summed E-state index contributed by atoms with van der Waals surface area (Å²) in [7, 11) is 1.61. The number of rotatable bonds is 7. The third-order valence-electron chi connectivity index (χ3n) is 6.33. The van der Waals surface area contributed by atoms with Gasteiger partial charge >= 0.3 is 6.01 Å². The van der Waals surface area contributed by atoms with Gasteiger partial charge in [-0.25, -0.2) is 14.1 Å². The van der Waals surface area contributed by atoms with Gasteiger partial charge in [-0.1, -0.05) is 6.07 Å². The van der Waals surface area contributed by atoms with E-state index in [0.29, 0.717) is 23.7 Å². The molecule has 2 aliphatic heterocycles. The third kappa shape index (κ3) is 4.05. The molecule has 0 amide bonds. The number of nitrogens with one attached hydrogen (secondary N) is 1. The minimum absolute atomic E-state index is 0.0716. The molecule has 1 N–H and O–H groups in total. The first kappa shape index (κ1) is 21.4. The molecule has 33 heavy (non-hydrogen) atoms. The van der Waals surface area contributed by atoms with E-state index in [4.69, 9.17) is 9.47 Å². The summed E-state index contributed by atoms with van der Waals surface area (Å²) in [4.78, 5) is 11.0. The lowest BCUT2D eigenvalue weighted by Crippen LogP contribution is -2.61. The second-order valence-corrected chi connectivity index (χ2v) is 8.80. The number of fused-ring (bicyclic) bond motifs is 2. The van der Waals surface area contributed by atoms with E-state index >= 15 is 0 Å². The van der Waals surface area contributed by atoms with Crippen LogP contribution in [0.3, 0.4) is 0 Å². The highest BCUT2D eigenvalue weighted by atomic mass is 19.2. The summed E-state index contributed by atoms with van der Waals surface area (Å²) in [6.07, 6.45) is 2.90. The van der Waals surface area contributed by atoms with Crippen molar-refractivity contribution in [1.82, 2.24) is 19.7 Å². The first-order chi connectivity index (χ1) is 15.9. The van der Waals surface area contributed by atoms with Crippen LogP contribution in [0.4, 0.5) is 20.4 Å². The molecule has 174 valence electrons. The molecule has 1 saturated carbocycles. The van der Waals surface area contributed by atoms with Crippen LogP contribution in [0, 0.1) is 23.5 Å². The van der Waals surface area contributed by atoms with Gasteiger partial charge in [0.25, 0.3) is 0 Å². The number of benzene rings is 1. The minimum atomic E-state index is -1.05. The van der Waals surface area contributed by atoms with Crippen LogP contribution in [-0.4, -0.2) is 46.0 Å². The molecule has 8 nitrogen and oxygen atoms in total. The summed E-state index contributed by atoms with van der Waals surface area (Å²) >= 11 is 0. The van der Waals surface area contributed by atoms with Gasteiger partial charge in [-0.15, -0.1) is 5.10 Å². The normalized spacial score (nSPS) is 21.6. The molecule has 2 bridgehead atoms. The van der Waals surface area contributed by atoms with Crippen molar-refractivity contribution >= 4 is 11.6 Å². The Hall–Kier alpha value is -3.43. The highest BCUT2D eigenvalue weighted by Crippen LogP contribution is 2.43. The summed E-state index contributed by atoms with van der Waals surface area (Å²) < 4.78 is 40.1. The van der Waals surface area contributed by atoms with Crippen molar-refractivity contribution in [1.29, 1.82) is 0 Å². The fourth-order valence-corrected chi connectivity index (χ4v) is 4.63. The molecule has 10 heteroatoms. The van der Waals surface area contributed by atoms with E-state index in [1.54, 1.807) is 18.0 Å². The standard InChI is InChI=1S/C23H26F2N6O2/c1-13(2)31-23(33-18-6-4-5-17(24)20(18)25)28-22(29-31)27-21-14-9-15(21)12-30(11-14)16-7-8-26-19(10-16)32-3/h4-8,10,13-15,21H,9,11-12H2,1-3H3,(H,27,29)/t14-,15?,21-/m0/s1. The van der Waals surface area contributed by atoms with Crippen LogP contribution >= 0.6 is 0 Å². The number of aromatic nitrogens is 4. The minimum Gasteiger partial charge on any atom is -0.481 e. The van der Waals surface area contributed by atoms with Crippen molar-refractivity contribution in [3.63, 3.8) is 0 Å². The highest BCUT2D eigenvalue weighted by molar-refractivity contribution is 5.50. The Bertz CT molecular complexity index is 1140. The Balaban J connectivity index is 1.29. The van der Waals surface area contributed by atoms with Crippen LogP contribution in [0.2, 0.25) is 0 Å². The number of pyridine rings is 1. The Kier molecular flexibility index (Phi) is 5.51. The lowest BCUT2D eigenvalue weighted by atomic mass is 9.66. The molecule has 4 heterocycles. The van der Waals surface area contributed by atoms with E-state index in [9.17, 15) is 8.78 Å². The van der Waals surface area contributed by atoms with Crippen LogP contribution in [0.1, 0.15) is 26.3 Å². The number of halogens is 2. The van der Waals surface area contributed by atoms with Crippen molar-refractivity contribution in [2.75, 3.05) is 30.4 Å². The van der Waals surface area contributed by atoms with E-state index in [1.165, 1.54) is 12.1 Å². The average Bonchev–Trinajstić information content (AvgIpc) is 3.23. The largest absolute Gasteiger partial charge is 0.481 e. The van der Waals surface area contributed by atoms with Crippen molar-refractivity contribution in [2.45, 2.75) is 32.4 Å². The van der Waals surface area contributed by atoms with Gasteiger partial charge in [0.15, 0.2) is 11.6 Å². The molecule has 6 rings (SSSR count). The predicted octanol–water partition coefficient (Wildman–Crippen LogP) is 4.27. The zero-order valence-corrected chi connectivity index (χ0v) is 18.7. The van der Waals surface area contributed by atoms with E-state index in [1.807, 2.05) is 26.0 Å². The summed E-state index contributed by atoms with van der Waals surface area (Å²) in [6, 6.07) is 8.04. The fourth-order valence-electron chi connectivity index (χ4n) is 4.63. The number of nitrogens with zero attached hydrogens (tertiary/aromatic N) is 5. The van der Waals surface area contributed by atoms with Crippen molar-refractivity contribution in [3.8, 4) is 17.6 Å². The van der Waals surface area contributed by atoms with Gasteiger partial charge in [0.1, 0.15) is 0 Å². The fraction of sp³-hybridized carbons (Fsp3) is 0.435. The maximum atomic E-state index is 14.1. The monoisotopic (exact) mass is 456 g/mol. The van der Waals surface area contributed by atoms with Crippen LogP contribution in [0.15, 0.2) is 36.5 Å². The summed E-state index contributed by atoms with van der Waals surface area (Å²) in [5.41, 5.74) is 1.10. The molecule has 2 saturated heterocycles. The second-order valence-electron chi connectivity index (χ2n) is 8.80. The van der Waals surface area contributed by atoms with Crippen LogP contribution in [0.25, 0.3) is 0 Å². The van der Waals surface area contributed by atoms with Crippen LogP contribution < -0.4 is 19.7 Å². The van der Waals surface area contributed by atoms with Crippen molar-refractivity contribution in [3.05, 3.63) is 48.2 Å². The molecule has 1 unspecified atom stereocenters. The topological polar surface area (TPSA) is 77.3 Å². The smallest absolute Gasteiger partial charge is 0.322 e. The summed E-state index contributed by atoms with van der Waals surface area (Å²) in [5, 5.41) is 7.97. The highest BCUT2D eigenvalue weighted by Gasteiger charge is 2.47. The van der Waals surface area contributed by atoms with E-state index in [2.05, 4.69) is 25.3 Å². The lowest BCUT2D eigenvalue weighted by Gasteiger charge is -2.54. The second kappa shape index (κ2) is 8.49. The van der Waals surface area contributed by atoms with Gasteiger partial charge in [-0.3, -0.25) is 0 Å². The summed E-state index contributed by atoms with van der Waals surface area (Å²) in [5.74, 6) is -0.328. The number of hydrogen-bond donors (Lipinski definition) is 1. The molecule has 3 atom stereocenters. The Morgan fingerprint density at radius 1 is 1.15 bits per heavy atom. The number of anilines is 2. The molecule has 3 aromatic rings. The van der Waals surface area contributed by atoms with Gasteiger partial charge in [-0.05, 0) is 50.3 Å². The van der Waals surface area contributed by atoms with E-state index in [-0.39, 0.29) is 23.8 Å². The van der Waals surface area contributed by atoms with Crippen molar-refractivity contribution < 1.29 is 18.3 Å². The number of piperidine rings is 2. The SMILES string of the molecule is COc1cc(N2CC3C[C@@H](C2)[C@@H]3Nc2nc(Oc3cccc(F)c3F)n(C(C)C)n2)ccn1. The molecule has 0 radical (unpaired) electrons. The summed E-state index contributed by atoms with van der Waals surface area (Å²) in [6.45, 7) is 5.66. The zero-order chi connectivity index (χ0) is 23.1. The quantitative estimate of drug-likeness (QED) is 0.569. The molecule has 2 aromatic heterocycles. The van der Waals surface area contributed by atoms with Gasteiger partial charge in [0, 0.05) is 37.1 Å². The lowest BCUT2D eigenvalue weighted by molar-refractivity contribution is 0.130. The first-order valence-electron chi connectivity index (χ1n) is 11.0. The molecular weight excluding hydrogens is 430 g/mol. The Morgan fingerprint density at radius 3 is 2.67 bits per heavy atom.